The van der Waals surface area contributed by atoms with E-state index in [2.05, 4.69) is 5.32 Å². The Balaban J connectivity index is 1.48. The molecule has 1 aromatic heterocycles. The van der Waals surface area contributed by atoms with Crippen molar-refractivity contribution in [2.24, 2.45) is 0 Å². The van der Waals surface area contributed by atoms with Gasteiger partial charge in [0.1, 0.15) is 5.82 Å². The number of benzene rings is 3. The molecule has 5 rings (SSSR count). The molecular formula is C28H23F3N2O3S. The van der Waals surface area contributed by atoms with Crippen molar-refractivity contribution >= 4 is 33.4 Å². The van der Waals surface area contributed by atoms with Gasteiger partial charge in [-0.05, 0) is 64.5 Å². The summed E-state index contributed by atoms with van der Waals surface area (Å²) < 4.78 is 41.5. The van der Waals surface area contributed by atoms with E-state index in [1.54, 1.807) is 24.3 Å². The maximum absolute atomic E-state index is 13.6. The number of piperidine rings is 1. The van der Waals surface area contributed by atoms with Crippen molar-refractivity contribution in [1.29, 1.82) is 0 Å². The summed E-state index contributed by atoms with van der Waals surface area (Å²) in [6.45, 7) is 0.233. The molecule has 0 spiro atoms. The van der Waals surface area contributed by atoms with Gasteiger partial charge in [0, 0.05) is 46.6 Å². The number of carboxylic acid groups (broad SMARTS) is 1. The predicted molar refractivity (Wildman–Crippen MR) is 138 cm³/mol. The largest absolute Gasteiger partial charge is 0.465 e. The monoisotopic (exact) mass is 524 g/mol. The molecule has 0 saturated carbocycles. The van der Waals surface area contributed by atoms with Crippen LogP contribution in [0.15, 0.2) is 66.7 Å². The standard InChI is InChI=1S/C28H23F3N2O3S/c29-22-7-5-18(6-8-22)24-15-20(13-21-14-23(37-25(21)24)16-32-27(35)36)17-1-3-19(4-2-17)26(34)33-11-9-28(30,31)10-12-33/h1-8,13-15,32H,9-12,16H2,(H,35,36). The fourth-order valence-electron chi connectivity index (χ4n) is 4.49. The number of carbonyl (C=O) groups excluding carboxylic acids is 1. The Morgan fingerprint density at radius 2 is 1.57 bits per heavy atom. The average Bonchev–Trinajstić information content (AvgIpc) is 3.30. The highest BCUT2D eigenvalue weighted by molar-refractivity contribution is 7.19. The van der Waals surface area contributed by atoms with Crippen LogP contribution in [0.1, 0.15) is 28.1 Å². The fourth-order valence-corrected chi connectivity index (χ4v) is 5.61. The lowest BCUT2D eigenvalue weighted by molar-refractivity contribution is -0.0494. The summed E-state index contributed by atoms with van der Waals surface area (Å²) in [4.78, 5) is 26.1. The van der Waals surface area contributed by atoms with Crippen molar-refractivity contribution in [2.45, 2.75) is 25.3 Å². The van der Waals surface area contributed by atoms with Gasteiger partial charge < -0.3 is 15.3 Å². The lowest BCUT2D eigenvalue weighted by atomic mass is 9.96. The van der Waals surface area contributed by atoms with Gasteiger partial charge in [0.25, 0.3) is 11.8 Å². The number of halogens is 3. The summed E-state index contributed by atoms with van der Waals surface area (Å²) >= 11 is 1.47. The van der Waals surface area contributed by atoms with E-state index in [4.69, 9.17) is 5.11 Å². The SMILES string of the molecule is O=C(O)NCc1cc2cc(-c3ccc(C(=O)N4CCC(F)(F)CC4)cc3)cc(-c3ccc(F)cc3)c2s1. The van der Waals surface area contributed by atoms with Crippen LogP contribution in [0.4, 0.5) is 18.0 Å². The zero-order chi connectivity index (χ0) is 26.2. The zero-order valence-electron chi connectivity index (χ0n) is 19.6. The number of amides is 2. The van der Waals surface area contributed by atoms with Crippen molar-refractivity contribution in [3.05, 3.63) is 83.0 Å². The van der Waals surface area contributed by atoms with E-state index in [1.165, 1.54) is 28.4 Å². The molecule has 3 aromatic carbocycles. The molecule has 0 atom stereocenters. The highest BCUT2D eigenvalue weighted by Crippen LogP contribution is 2.39. The van der Waals surface area contributed by atoms with Crippen LogP contribution in [0.2, 0.25) is 0 Å². The minimum Gasteiger partial charge on any atom is -0.465 e. The molecule has 0 radical (unpaired) electrons. The second-order valence-electron chi connectivity index (χ2n) is 9.05. The number of nitrogens with one attached hydrogen (secondary N) is 1. The minimum absolute atomic E-state index is 0.0303. The molecule has 2 heterocycles. The quantitative estimate of drug-likeness (QED) is 0.295. The van der Waals surface area contributed by atoms with Gasteiger partial charge >= 0.3 is 6.09 Å². The number of nitrogens with zero attached hydrogens (tertiary/aromatic N) is 1. The molecule has 37 heavy (non-hydrogen) atoms. The normalized spacial score (nSPS) is 15.1. The van der Waals surface area contributed by atoms with E-state index >= 15 is 0 Å². The fraction of sp³-hybridized carbons (Fsp3) is 0.214. The smallest absolute Gasteiger partial charge is 0.404 e. The molecule has 0 unspecified atom stereocenters. The van der Waals surface area contributed by atoms with Crippen LogP contribution in [-0.4, -0.2) is 41.0 Å². The first-order chi connectivity index (χ1) is 17.7. The molecule has 0 bridgehead atoms. The van der Waals surface area contributed by atoms with Crippen LogP contribution < -0.4 is 5.32 Å². The van der Waals surface area contributed by atoms with Crippen LogP contribution in [-0.2, 0) is 6.54 Å². The third kappa shape index (κ3) is 5.46. The molecule has 2 amide bonds. The van der Waals surface area contributed by atoms with Crippen LogP contribution in [0.3, 0.4) is 0 Å². The summed E-state index contributed by atoms with van der Waals surface area (Å²) in [5.41, 5.74) is 3.86. The first-order valence-corrected chi connectivity index (χ1v) is 12.6. The van der Waals surface area contributed by atoms with Gasteiger partial charge in [-0.25, -0.2) is 18.0 Å². The van der Waals surface area contributed by atoms with Crippen LogP contribution in [0, 0.1) is 5.82 Å². The number of rotatable bonds is 5. The third-order valence-electron chi connectivity index (χ3n) is 6.48. The topological polar surface area (TPSA) is 69.6 Å². The van der Waals surface area contributed by atoms with Gasteiger partial charge in [0.05, 0.1) is 6.54 Å². The molecule has 190 valence electrons. The number of thiophene rings is 1. The summed E-state index contributed by atoms with van der Waals surface area (Å²) in [5.74, 6) is -3.32. The Morgan fingerprint density at radius 1 is 0.919 bits per heavy atom. The van der Waals surface area contributed by atoms with Crippen molar-refractivity contribution < 1.29 is 27.9 Å². The van der Waals surface area contributed by atoms with Gasteiger partial charge in [0.2, 0.25) is 0 Å². The van der Waals surface area contributed by atoms with Crippen molar-refractivity contribution in [2.75, 3.05) is 13.1 Å². The molecule has 5 nitrogen and oxygen atoms in total. The van der Waals surface area contributed by atoms with Gasteiger partial charge in [-0.15, -0.1) is 11.3 Å². The zero-order valence-corrected chi connectivity index (χ0v) is 20.5. The number of alkyl halides is 2. The molecular weight excluding hydrogens is 501 g/mol. The van der Waals surface area contributed by atoms with Gasteiger partial charge in [-0.3, -0.25) is 4.79 Å². The van der Waals surface area contributed by atoms with E-state index in [9.17, 15) is 22.8 Å². The number of carbonyl (C=O) groups is 2. The summed E-state index contributed by atoms with van der Waals surface area (Å²) in [7, 11) is 0. The van der Waals surface area contributed by atoms with Gasteiger partial charge in [-0.1, -0.05) is 24.3 Å². The van der Waals surface area contributed by atoms with Crippen molar-refractivity contribution in [1.82, 2.24) is 10.2 Å². The third-order valence-corrected chi connectivity index (χ3v) is 7.67. The Bertz CT molecular complexity index is 1460. The van der Waals surface area contributed by atoms with Gasteiger partial charge in [0.15, 0.2) is 0 Å². The molecule has 1 fully saturated rings. The summed E-state index contributed by atoms with van der Waals surface area (Å²) in [6.07, 6.45) is -1.76. The summed E-state index contributed by atoms with van der Waals surface area (Å²) in [5, 5.41) is 12.3. The Kier molecular flexibility index (Phi) is 6.64. The Morgan fingerprint density at radius 3 is 2.22 bits per heavy atom. The minimum atomic E-state index is -2.72. The first kappa shape index (κ1) is 24.8. The van der Waals surface area contributed by atoms with Gasteiger partial charge in [-0.2, -0.15) is 0 Å². The van der Waals surface area contributed by atoms with E-state index in [-0.39, 0.29) is 44.2 Å². The number of hydrogen-bond donors (Lipinski definition) is 2. The average molecular weight is 525 g/mol. The van der Waals surface area contributed by atoms with Crippen LogP contribution in [0.5, 0.6) is 0 Å². The lowest BCUT2D eigenvalue weighted by Crippen LogP contribution is -2.42. The molecule has 1 aliphatic heterocycles. The first-order valence-electron chi connectivity index (χ1n) is 11.8. The van der Waals surface area contributed by atoms with E-state index in [0.717, 1.165) is 37.2 Å². The molecule has 9 heteroatoms. The highest BCUT2D eigenvalue weighted by Gasteiger charge is 2.35. The Labute approximate surface area is 215 Å². The molecule has 1 aliphatic rings. The molecule has 4 aromatic rings. The second-order valence-corrected chi connectivity index (χ2v) is 10.2. The van der Waals surface area contributed by atoms with E-state index in [0.29, 0.717) is 5.56 Å². The predicted octanol–water partition coefficient (Wildman–Crippen LogP) is 7.01. The van der Waals surface area contributed by atoms with Crippen LogP contribution >= 0.6 is 11.3 Å². The maximum atomic E-state index is 13.6. The Hall–Kier alpha value is -3.85. The van der Waals surface area contributed by atoms with E-state index < -0.39 is 12.0 Å². The van der Waals surface area contributed by atoms with E-state index in [1.807, 2.05) is 30.3 Å². The molecule has 1 saturated heterocycles. The molecule has 0 aliphatic carbocycles. The van der Waals surface area contributed by atoms with Crippen molar-refractivity contribution in [3.63, 3.8) is 0 Å². The number of likely N-dealkylation sites (tertiary alicyclic amines) is 1. The lowest BCUT2D eigenvalue weighted by Gasteiger charge is -2.31. The number of fused-ring (bicyclic) bond motifs is 1. The molecule has 2 N–H and O–H groups in total. The second kappa shape index (κ2) is 9.89. The maximum Gasteiger partial charge on any atom is 0.404 e. The van der Waals surface area contributed by atoms with Crippen LogP contribution in [0.25, 0.3) is 32.3 Å². The number of hydrogen-bond acceptors (Lipinski definition) is 3. The highest BCUT2D eigenvalue weighted by atomic mass is 32.1. The summed E-state index contributed by atoms with van der Waals surface area (Å²) in [6, 6.07) is 19.1. The van der Waals surface area contributed by atoms with Crippen molar-refractivity contribution in [3.8, 4) is 22.3 Å².